The molecule has 4 rings (SSSR count). The smallest absolute Gasteiger partial charge is 0.388 e. The molecule has 14 heteroatoms. The lowest BCUT2D eigenvalue weighted by Gasteiger charge is -2.12. The van der Waals surface area contributed by atoms with Crippen LogP contribution < -0.4 is 10.5 Å². The van der Waals surface area contributed by atoms with Crippen molar-refractivity contribution >= 4 is 5.91 Å². The van der Waals surface area contributed by atoms with E-state index in [9.17, 15) is 31.1 Å². The van der Waals surface area contributed by atoms with Crippen LogP contribution in [0.5, 0.6) is 5.88 Å². The van der Waals surface area contributed by atoms with Crippen LogP contribution in [0.25, 0.3) is 28.3 Å². The molecule has 0 bridgehead atoms. The van der Waals surface area contributed by atoms with Gasteiger partial charge in [-0.1, -0.05) is 0 Å². The fourth-order valence-corrected chi connectivity index (χ4v) is 3.10. The van der Waals surface area contributed by atoms with Crippen molar-refractivity contribution in [3.8, 4) is 34.2 Å². The lowest BCUT2D eigenvalue weighted by molar-refractivity contribution is -0.276. The maximum Gasteiger partial charge on any atom is 0.574 e. The maximum absolute atomic E-state index is 13.7. The Morgan fingerprint density at radius 2 is 1.74 bits per heavy atom. The Bertz CT molecular complexity index is 1370. The molecule has 180 valence electrons. The van der Waals surface area contributed by atoms with E-state index in [1.165, 1.54) is 30.6 Å². The third-order valence-electron chi connectivity index (χ3n) is 4.55. The van der Waals surface area contributed by atoms with Crippen LogP contribution in [0.15, 0.2) is 61.1 Å². The van der Waals surface area contributed by atoms with Gasteiger partial charge in [0, 0.05) is 24.0 Å². The van der Waals surface area contributed by atoms with E-state index in [2.05, 4.69) is 24.8 Å². The summed E-state index contributed by atoms with van der Waals surface area (Å²) in [5.74, 6) is -1.89. The van der Waals surface area contributed by atoms with E-state index in [1.807, 2.05) is 0 Å². The van der Waals surface area contributed by atoms with Crippen molar-refractivity contribution in [3.05, 3.63) is 72.3 Å². The van der Waals surface area contributed by atoms with Crippen LogP contribution in [0.1, 0.15) is 16.1 Å². The lowest BCUT2D eigenvalue weighted by atomic mass is 10.1. The molecule has 0 unspecified atom stereocenters. The van der Waals surface area contributed by atoms with Crippen LogP contribution in [0, 0.1) is 0 Å². The van der Waals surface area contributed by atoms with E-state index >= 15 is 0 Å². The zero-order chi connectivity index (χ0) is 25.4. The summed E-state index contributed by atoms with van der Waals surface area (Å²) in [4.78, 5) is 23.2. The van der Waals surface area contributed by atoms with Gasteiger partial charge in [0.1, 0.15) is 11.4 Å². The molecule has 0 fully saturated rings. The Balaban J connectivity index is 1.77. The minimum Gasteiger partial charge on any atom is -0.388 e. The molecular weight excluding hydrogens is 482 g/mol. The Morgan fingerprint density at radius 3 is 2.31 bits per heavy atom. The van der Waals surface area contributed by atoms with E-state index in [0.29, 0.717) is 10.2 Å². The van der Waals surface area contributed by atoms with Crippen molar-refractivity contribution in [2.75, 3.05) is 0 Å². The average Bonchev–Trinajstić information content (AvgIpc) is 3.25. The number of halogens is 6. The first kappa shape index (κ1) is 23.7. The highest BCUT2D eigenvalue weighted by Crippen LogP contribution is 2.34. The monoisotopic (exact) mass is 494 g/mol. The van der Waals surface area contributed by atoms with Crippen molar-refractivity contribution in [1.82, 2.24) is 24.7 Å². The number of hydrogen-bond donors (Lipinski definition) is 1. The zero-order valence-electron chi connectivity index (χ0n) is 17.2. The number of amides is 1. The SMILES string of the molecule is NC(=O)c1ccc(OC(F)(F)F)nc1-c1ccc(-n2nc(-c3cccnc3)cc2C(F)(F)F)cn1. The lowest BCUT2D eigenvalue weighted by Crippen LogP contribution is -2.19. The van der Waals surface area contributed by atoms with Crippen LogP contribution in [-0.2, 0) is 6.18 Å². The molecule has 4 aromatic heterocycles. The van der Waals surface area contributed by atoms with Gasteiger partial charge in [0.25, 0.3) is 5.91 Å². The summed E-state index contributed by atoms with van der Waals surface area (Å²) in [6.07, 6.45) is -6.02. The maximum atomic E-state index is 13.7. The minimum absolute atomic E-state index is 0.00387. The van der Waals surface area contributed by atoms with Crippen LogP contribution in [0.4, 0.5) is 26.3 Å². The van der Waals surface area contributed by atoms with Crippen LogP contribution in [0.3, 0.4) is 0 Å². The summed E-state index contributed by atoms with van der Waals surface area (Å²) in [6.45, 7) is 0. The number of nitrogens with zero attached hydrogens (tertiary/aromatic N) is 5. The zero-order valence-corrected chi connectivity index (χ0v) is 17.2. The molecule has 35 heavy (non-hydrogen) atoms. The van der Waals surface area contributed by atoms with Gasteiger partial charge in [-0.3, -0.25) is 14.8 Å². The molecule has 0 aliphatic rings. The molecule has 4 aromatic rings. The van der Waals surface area contributed by atoms with Crippen LogP contribution in [-0.4, -0.2) is 37.0 Å². The van der Waals surface area contributed by atoms with Gasteiger partial charge in [-0.2, -0.15) is 18.3 Å². The van der Waals surface area contributed by atoms with Crippen molar-refractivity contribution in [3.63, 3.8) is 0 Å². The molecule has 1 amide bonds. The number of alkyl halides is 6. The highest BCUT2D eigenvalue weighted by atomic mass is 19.4. The molecule has 0 atom stereocenters. The van der Waals surface area contributed by atoms with Gasteiger partial charge in [0.05, 0.1) is 28.8 Å². The Hall–Kier alpha value is -4.49. The van der Waals surface area contributed by atoms with Crippen molar-refractivity contribution < 1.29 is 35.9 Å². The second-order valence-corrected chi connectivity index (χ2v) is 6.93. The third kappa shape index (κ3) is 5.20. The Labute approximate surface area is 192 Å². The molecule has 0 radical (unpaired) electrons. The molecule has 0 saturated heterocycles. The first-order valence-electron chi connectivity index (χ1n) is 9.53. The molecule has 8 nitrogen and oxygen atoms in total. The first-order chi connectivity index (χ1) is 16.4. The van der Waals surface area contributed by atoms with Crippen molar-refractivity contribution in [2.24, 2.45) is 5.73 Å². The Morgan fingerprint density at radius 1 is 0.971 bits per heavy atom. The number of nitrogens with two attached hydrogens (primary N) is 1. The number of pyridine rings is 3. The molecule has 0 spiro atoms. The predicted octanol–water partition coefficient (Wildman–Crippen LogP) is 4.41. The number of carbonyl (C=O) groups excluding carboxylic acids is 1. The molecule has 4 heterocycles. The standard InChI is InChI=1S/C21H12F6N6O2/c22-20(23,24)16-8-15(11-2-1-7-29-9-11)32-33(16)12-3-5-14(30-10-12)18-13(19(28)34)4-6-17(31-18)35-21(25,26)27/h1-10H,(H2,28,34). The highest BCUT2D eigenvalue weighted by Gasteiger charge is 2.37. The molecule has 0 saturated carbocycles. The van der Waals surface area contributed by atoms with Crippen LogP contribution in [0.2, 0.25) is 0 Å². The van der Waals surface area contributed by atoms with Gasteiger partial charge in [-0.25, -0.2) is 9.67 Å². The number of carbonyl (C=O) groups is 1. The van der Waals surface area contributed by atoms with Gasteiger partial charge >= 0.3 is 12.5 Å². The second-order valence-electron chi connectivity index (χ2n) is 6.93. The van der Waals surface area contributed by atoms with E-state index in [1.54, 1.807) is 0 Å². The second kappa shape index (κ2) is 8.70. The fourth-order valence-electron chi connectivity index (χ4n) is 3.10. The summed E-state index contributed by atoms with van der Waals surface area (Å²) < 4.78 is 83.0. The van der Waals surface area contributed by atoms with E-state index < -0.39 is 30.0 Å². The minimum atomic E-state index is -5.05. The van der Waals surface area contributed by atoms with Crippen molar-refractivity contribution in [2.45, 2.75) is 12.5 Å². The molecule has 0 aliphatic heterocycles. The van der Waals surface area contributed by atoms with Gasteiger partial charge in [0.15, 0.2) is 0 Å². The summed E-state index contributed by atoms with van der Waals surface area (Å²) in [7, 11) is 0. The summed E-state index contributed by atoms with van der Waals surface area (Å²) in [6, 6.07) is 8.03. The van der Waals surface area contributed by atoms with E-state index in [4.69, 9.17) is 5.73 Å². The molecule has 2 N–H and O–H groups in total. The van der Waals surface area contributed by atoms with Gasteiger partial charge in [0.2, 0.25) is 5.88 Å². The van der Waals surface area contributed by atoms with Crippen molar-refractivity contribution in [1.29, 1.82) is 0 Å². The number of rotatable bonds is 5. The predicted molar refractivity (Wildman–Crippen MR) is 108 cm³/mol. The normalized spacial score (nSPS) is 11.9. The van der Waals surface area contributed by atoms with E-state index in [0.717, 1.165) is 30.5 Å². The summed E-state index contributed by atoms with van der Waals surface area (Å²) >= 11 is 0. The summed E-state index contributed by atoms with van der Waals surface area (Å²) in [5, 5.41) is 4.00. The third-order valence-corrected chi connectivity index (χ3v) is 4.55. The van der Waals surface area contributed by atoms with Gasteiger partial charge < -0.3 is 10.5 Å². The Kier molecular flexibility index (Phi) is 5.88. The quantitative estimate of drug-likeness (QED) is 0.412. The topological polar surface area (TPSA) is 109 Å². The molecular formula is C21H12F6N6O2. The number of ether oxygens (including phenoxy) is 1. The largest absolute Gasteiger partial charge is 0.574 e. The summed E-state index contributed by atoms with van der Waals surface area (Å²) in [5.41, 5.74) is 3.65. The number of hydrogen-bond acceptors (Lipinski definition) is 6. The van der Waals surface area contributed by atoms with Crippen LogP contribution >= 0.6 is 0 Å². The average molecular weight is 494 g/mol. The number of primary amides is 1. The first-order valence-corrected chi connectivity index (χ1v) is 9.53. The number of aromatic nitrogens is 5. The van der Waals surface area contributed by atoms with Gasteiger partial charge in [-0.05, 0) is 36.4 Å². The highest BCUT2D eigenvalue weighted by molar-refractivity contribution is 5.98. The van der Waals surface area contributed by atoms with E-state index in [-0.39, 0.29) is 28.3 Å². The molecule has 0 aromatic carbocycles. The van der Waals surface area contributed by atoms with Gasteiger partial charge in [-0.15, -0.1) is 13.2 Å². The molecule has 0 aliphatic carbocycles. The fraction of sp³-hybridized carbons (Fsp3) is 0.0952.